The highest BCUT2D eigenvalue weighted by atomic mass is 35.5. The van der Waals surface area contributed by atoms with E-state index < -0.39 is 0 Å². The highest BCUT2D eigenvalue weighted by molar-refractivity contribution is 6.44. The maximum atomic E-state index is 5.87. The van der Waals surface area contributed by atoms with Gasteiger partial charge in [-0.3, -0.25) is 0 Å². The van der Waals surface area contributed by atoms with Crippen LogP contribution in [0.25, 0.3) is 5.65 Å². The summed E-state index contributed by atoms with van der Waals surface area (Å²) >= 11 is 17.3. The average molecular weight is 221 g/mol. The van der Waals surface area contributed by atoms with Crippen LogP contribution in [-0.4, -0.2) is 9.38 Å². The Morgan fingerprint density at radius 2 is 2.00 bits per heavy atom. The summed E-state index contributed by atoms with van der Waals surface area (Å²) in [6.07, 6.45) is 3.42. The largest absolute Gasteiger partial charge is 0.304 e. The van der Waals surface area contributed by atoms with Crippen molar-refractivity contribution >= 4 is 40.4 Å². The van der Waals surface area contributed by atoms with Crippen LogP contribution in [0.3, 0.4) is 0 Å². The number of hydrogen-bond acceptors (Lipinski definition) is 1. The Hall–Kier alpha value is -0.440. The van der Waals surface area contributed by atoms with Crippen LogP contribution in [0.1, 0.15) is 0 Å². The molecule has 2 aromatic heterocycles. The molecule has 0 radical (unpaired) electrons. The van der Waals surface area contributed by atoms with Crippen LogP contribution in [0, 0.1) is 0 Å². The molecule has 0 aliphatic rings. The summed E-state index contributed by atoms with van der Waals surface area (Å²) in [6, 6.07) is 1.69. The Labute approximate surface area is 83.7 Å². The lowest BCUT2D eigenvalue weighted by Gasteiger charge is -1.96. The lowest BCUT2D eigenvalue weighted by atomic mass is 10.5. The Kier molecular flexibility index (Phi) is 1.91. The Morgan fingerprint density at radius 1 is 1.25 bits per heavy atom. The first kappa shape index (κ1) is 8.17. The first-order valence-corrected chi connectivity index (χ1v) is 4.30. The van der Waals surface area contributed by atoms with E-state index in [1.54, 1.807) is 22.9 Å². The lowest BCUT2D eigenvalue weighted by molar-refractivity contribution is 1.19. The Bertz CT molecular complexity index is 435. The normalized spacial score (nSPS) is 10.9. The molecule has 0 fully saturated rings. The van der Waals surface area contributed by atoms with Crippen molar-refractivity contribution in [3.05, 3.63) is 33.7 Å². The highest BCUT2D eigenvalue weighted by Crippen LogP contribution is 2.26. The number of hydrogen-bond donors (Lipinski definition) is 0. The first-order valence-electron chi connectivity index (χ1n) is 3.16. The van der Waals surface area contributed by atoms with Gasteiger partial charge in [0.25, 0.3) is 0 Å². The molecule has 0 atom stereocenters. The third-order valence-electron chi connectivity index (χ3n) is 1.49. The van der Waals surface area contributed by atoms with Crippen molar-refractivity contribution in [1.82, 2.24) is 9.38 Å². The SMILES string of the molecule is Clc1cn2ccc(Cl)c(Cl)c2n1. The van der Waals surface area contributed by atoms with Crippen molar-refractivity contribution in [3.8, 4) is 0 Å². The summed E-state index contributed by atoms with van der Waals surface area (Å²) in [5.41, 5.74) is 0.578. The number of aromatic nitrogens is 2. The molecule has 0 N–H and O–H groups in total. The minimum atomic E-state index is 0.402. The van der Waals surface area contributed by atoms with Crippen LogP contribution in [0.15, 0.2) is 18.5 Å². The zero-order valence-electron chi connectivity index (χ0n) is 5.76. The van der Waals surface area contributed by atoms with Gasteiger partial charge in [-0.1, -0.05) is 34.8 Å². The third kappa shape index (κ3) is 1.16. The molecule has 0 saturated heterocycles. The van der Waals surface area contributed by atoms with E-state index in [0.29, 0.717) is 20.8 Å². The molecule has 62 valence electrons. The second-order valence-electron chi connectivity index (χ2n) is 2.27. The highest BCUT2D eigenvalue weighted by Gasteiger charge is 2.06. The number of halogens is 3. The predicted molar refractivity (Wildman–Crippen MR) is 50.2 cm³/mol. The minimum Gasteiger partial charge on any atom is -0.304 e. The fraction of sp³-hybridized carbons (Fsp3) is 0. The second-order valence-corrected chi connectivity index (χ2v) is 3.44. The smallest absolute Gasteiger partial charge is 0.158 e. The van der Waals surface area contributed by atoms with Crippen LogP contribution >= 0.6 is 34.8 Å². The summed E-state index contributed by atoms with van der Waals surface area (Å²) in [5, 5.41) is 1.30. The molecular formula is C7H3Cl3N2. The van der Waals surface area contributed by atoms with E-state index in [1.807, 2.05) is 0 Å². The minimum absolute atomic E-state index is 0.402. The molecule has 0 aliphatic carbocycles. The molecule has 2 aromatic rings. The van der Waals surface area contributed by atoms with Gasteiger partial charge in [0.05, 0.1) is 5.02 Å². The van der Waals surface area contributed by atoms with Gasteiger partial charge in [-0.2, -0.15) is 0 Å². The van der Waals surface area contributed by atoms with Gasteiger partial charge in [-0.15, -0.1) is 0 Å². The Balaban J connectivity index is 2.89. The predicted octanol–water partition coefficient (Wildman–Crippen LogP) is 3.29. The van der Waals surface area contributed by atoms with Gasteiger partial charge in [0.1, 0.15) is 10.2 Å². The molecule has 0 saturated carbocycles. The molecule has 0 spiro atoms. The van der Waals surface area contributed by atoms with Crippen LogP contribution in [0.2, 0.25) is 15.2 Å². The van der Waals surface area contributed by atoms with E-state index in [1.165, 1.54) is 0 Å². The zero-order valence-corrected chi connectivity index (χ0v) is 8.03. The van der Waals surface area contributed by atoms with Crippen LogP contribution in [-0.2, 0) is 0 Å². The molecule has 5 heteroatoms. The number of fused-ring (bicyclic) bond motifs is 1. The van der Waals surface area contributed by atoms with Crippen molar-refractivity contribution in [1.29, 1.82) is 0 Å². The van der Waals surface area contributed by atoms with E-state index in [0.717, 1.165) is 0 Å². The molecule has 0 unspecified atom stereocenters. The molecule has 0 aliphatic heterocycles. The summed E-state index contributed by atoms with van der Waals surface area (Å²) in [4.78, 5) is 3.99. The quantitative estimate of drug-likeness (QED) is 0.667. The van der Waals surface area contributed by atoms with Gasteiger partial charge in [-0.25, -0.2) is 4.98 Å². The fourth-order valence-electron chi connectivity index (χ4n) is 0.965. The van der Waals surface area contributed by atoms with Crippen molar-refractivity contribution < 1.29 is 0 Å². The van der Waals surface area contributed by atoms with Crippen molar-refractivity contribution in [2.24, 2.45) is 0 Å². The standard InChI is InChI=1S/C7H3Cl3N2/c8-4-1-2-12-3-5(9)11-7(12)6(4)10/h1-3H. The third-order valence-corrected chi connectivity index (χ3v) is 2.46. The first-order chi connectivity index (χ1) is 5.68. The summed E-state index contributed by atoms with van der Waals surface area (Å²) < 4.78 is 1.72. The summed E-state index contributed by atoms with van der Waals surface area (Å²) in [7, 11) is 0. The lowest BCUT2D eigenvalue weighted by Crippen LogP contribution is -1.82. The summed E-state index contributed by atoms with van der Waals surface area (Å²) in [5.74, 6) is 0. The molecule has 2 rings (SSSR count). The number of nitrogens with zero attached hydrogens (tertiary/aromatic N) is 2. The molecule has 0 bridgehead atoms. The summed E-state index contributed by atoms with van der Waals surface area (Å²) in [6.45, 7) is 0. The second kappa shape index (κ2) is 2.80. The molecule has 0 aromatic carbocycles. The van der Waals surface area contributed by atoms with E-state index in [4.69, 9.17) is 34.8 Å². The van der Waals surface area contributed by atoms with E-state index in [9.17, 15) is 0 Å². The monoisotopic (exact) mass is 220 g/mol. The van der Waals surface area contributed by atoms with Crippen LogP contribution < -0.4 is 0 Å². The maximum absolute atomic E-state index is 5.87. The van der Waals surface area contributed by atoms with Gasteiger partial charge in [0, 0.05) is 12.4 Å². The number of rotatable bonds is 0. The van der Waals surface area contributed by atoms with E-state index >= 15 is 0 Å². The van der Waals surface area contributed by atoms with Crippen molar-refractivity contribution in [2.45, 2.75) is 0 Å². The fourth-order valence-corrected chi connectivity index (χ4v) is 1.49. The van der Waals surface area contributed by atoms with Gasteiger partial charge in [0.2, 0.25) is 0 Å². The Morgan fingerprint density at radius 3 is 2.75 bits per heavy atom. The van der Waals surface area contributed by atoms with Gasteiger partial charge in [-0.05, 0) is 6.07 Å². The molecular weight excluding hydrogens is 218 g/mol. The van der Waals surface area contributed by atoms with Crippen molar-refractivity contribution in [2.75, 3.05) is 0 Å². The van der Waals surface area contributed by atoms with Gasteiger partial charge >= 0.3 is 0 Å². The topological polar surface area (TPSA) is 17.3 Å². The molecule has 2 nitrogen and oxygen atoms in total. The molecule has 2 heterocycles. The van der Waals surface area contributed by atoms with Crippen molar-refractivity contribution in [3.63, 3.8) is 0 Å². The maximum Gasteiger partial charge on any atom is 0.158 e. The molecule has 0 amide bonds. The van der Waals surface area contributed by atoms with Crippen LogP contribution in [0.4, 0.5) is 0 Å². The average Bonchev–Trinajstić information content (AvgIpc) is 2.39. The number of imidazole rings is 1. The van der Waals surface area contributed by atoms with E-state index in [-0.39, 0.29) is 0 Å². The number of pyridine rings is 1. The molecule has 12 heavy (non-hydrogen) atoms. The van der Waals surface area contributed by atoms with Gasteiger partial charge in [0.15, 0.2) is 5.65 Å². The van der Waals surface area contributed by atoms with Gasteiger partial charge < -0.3 is 4.40 Å². The van der Waals surface area contributed by atoms with Crippen LogP contribution in [0.5, 0.6) is 0 Å². The zero-order chi connectivity index (χ0) is 8.72. The van der Waals surface area contributed by atoms with E-state index in [2.05, 4.69) is 4.98 Å².